The molecule has 0 unspecified atom stereocenters. The molecule has 4 aromatic carbocycles. The number of hydrogen-bond donors (Lipinski definition) is 6. The minimum Gasteiger partial charge on any atom is -0.494 e. The molecule has 4 aliphatic heterocycles. The molecule has 11 rings (SSSR count). The standard InChI is InChI=1S/C65H68N20O16S4/c1-7-79(8-2)45-31-41(43(33-47(45)98-5)75-77-64-70-55(81-19-25-100-26-20-81)49(102-64)29-37(35-66)84-57(88)39-13-11-15-51(104(92,93)94)53(39)59(84)90)68-61-72-62(74-63(73-61)83(17-23-86)18-24-87)69-42-32-46(80(9-3)10-4)48(99-6)34-44(42)76-78-65-71-56(82-21-27-101-28-22-82)50(103-65)30-38(36-67)85-58(89)40-14-12-16-52(105(95,96)97)54(40)60(85)91/h11-16,29-34,86-87H,7-10,17-28H2,1-6H3,(H,92,93,94)(H,95,96,97)(H2,68,69,72,73,74)/b37-29+,38-30+,77-75+,78-76+. The van der Waals surface area contributed by atoms with Crippen molar-refractivity contribution in [2.75, 3.05) is 154 Å². The number of nitriles is 2. The van der Waals surface area contributed by atoms with Crippen molar-refractivity contribution in [1.29, 1.82) is 10.5 Å². The van der Waals surface area contributed by atoms with Crippen LogP contribution in [-0.4, -0.2) is 214 Å². The lowest BCUT2D eigenvalue weighted by Gasteiger charge is -2.27. The van der Waals surface area contributed by atoms with Crippen molar-refractivity contribution in [1.82, 2.24) is 34.7 Å². The summed E-state index contributed by atoms with van der Waals surface area (Å²) < 4.78 is 92.6. The van der Waals surface area contributed by atoms with Gasteiger partial charge in [0, 0.05) is 77.6 Å². The van der Waals surface area contributed by atoms with Gasteiger partial charge in [0.2, 0.25) is 28.1 Å². The Bertz CT molecular complexity index is 4710. The molecule has 0 atom stereocenters. The van der Waals surface area contributed by atoms with E-state index in [1.807, 2.05) is 59.4 Å². The number of allylic oxidation sites excluding steroid dienone is 2. The third-order valence-corrected chi connectivity index (χ3v) is 20.4. The van der Waals surface area contributed by atoms with Crippen molar-refractivity contribution in [2.24, 2.45) is 20.5 Å². The van der Waals surface area contributed by atoms with Gasteiger partial charge in [0.05, 0.1) is 109 Å². The van der Waals surface area contributed by atoms with E-state index >= 15 is 0 Å². The number of ether oxygens (including phenoxy) is 4. The summed E-state index contributed by atoms with van der Waals surface area (Å²) in [7, 11) is -7.00. The number of imide groups is 2. The molecule has 3 aromatic heterocycles. The predicted molar refractivity (Wildman–Crippen MR) is 385 cm³/mol. The number of aromatic nitrogens is 5. The molecule has 0 bridgehead atoms. The second-order valence-corrected chi connectivity index (χ2v) is 27.6. The number of nitrogens with one attached hydrogen (secondary N) is 2. The number of aliphatic hydroxyl groups excluding tert-OH is 2. The minimum absolute atomic E-state index is 0.0222. The maximum absolute atomic E-state index is 13.9. The molecule has 7 heterocycles. The van der Waals surface area contributed by atoms with Crippen LogP contribution in [0.4, 0.5) is 73.9 Å². The molecular weight excluding hydrogens is 1450 g/mol. The fourth-order valence-corrected chi connectivity index (χ4v) is 15.0. The number of thiazole rings is 2. The second kappa shape index (κ2) is 32.3. The number of methoxy groups -OCH3 is 2. The van der Waals surface area contributed by atoms with Crippen LogP contribution in [0.25, 0.3) is 12.2 Å². The van der Waals surface area contributed by atoms with Gasteiger partial charge in [0.25, 0.3) is 43.9 Å². The van der Waals surface area contributed by atoms with E-state index in [1.54, 1.807) is 24.3 Å². The summed E-state index contributed by atoms with van der Waals surface area (Å²) in [6, 6.07) is 17.3. The number of hydrogen-bond acceptors (Lipinski definition) is 34. The van der Waals surface area contributed by atoms with Crippen LogP contribution in [0.5, 0.6) is 11.5 Å². The number of carbonyl (C=O) groups excluding carboxylic acids is 4. The predicted octanol–water partition coefficient (Wildman–Crippen LogP) is 8.09. The van der Waals surface area contributed by atoms with Crippen LogP contribution in [0.2, 0.25) is 0 Å². The first-order valence-corrected chi connectivity index (χ1v) is 37.0. The Morgan fingerprint density at radius 1 is 0.581 bits per heavy atom. The monoisotopic (exact) mass is 1510 g/mol. The third kappa shape index (κ3) is 15.7. The highest BCUT2D eigenvalue weighted by molar-refractivity contribution is 7.86. The molecule has 7 aromatic rings. The summed E-state index contributed by atoms with van der Waals surface area (Å²) in [6.07, 6.45) is 2.51. The fraction of sp³-hybridized carbons (Fsp3) is 0.338. The van der Waals surface area contributed by atoms with Gasteiger partial charge in [-0.3, -0.25) is 28.3 Å². The van der Waals surface area contributed by atoms with Gasteiger partial charge < -0.3 is 64.3 Å². The molecule has 0 radical (unpaired) electrons. The van der Waals surface area contributed by atoms with Crippen LogP contribution in [0, 0.1) is 22.7 Å². The highest BCUT2D eigenvalue weighted by Gasteiger charge is 2.44. The number of anilines is 9. The Morgan fingerprint density at radius 2 is 0.971 bits per heavy atom. The van der Waals surface area contributed by atoms with Gasteiger partial charge in [-0.2, -0.15) is 52.3 Å². The molecule has 4 aliphatic rings. The Labute approximate surface area is 608 Å². The lowest BCUT2D eigenvalue weighted by atomic mass is 10.1. The van der Waals surface area contributed by atoms with Crippen LogP contribution >= 0.6 is 22.7 Å². The van der Waals surface area contributed by atoms with Crippen LogP contribution in [0.15, 0.2) is 102 Å². The van der Waals surface area contributed by atoms with Crippen molar-refractivity contribution in [3.63, 3.8) is 0 Å². The highest BCUT2D eigenvalue weighted by atomic mass is 32.2. The summed E-state index contributed by atoms with van der Waals surface area (Å²) in [4.78, 5) is 88.9. The smallest absolute Gasteiger partial charge is 0.295 e. The van der Waals surface area contributed by atoms with Crippen LogP contribution in [0.1, 0.15) is 78.9 Å². The lowest BCUT2D eigenvalue weighted by Crippen LogP contribution is -2.36. The van der Waals surface area contributed by atoms with E-state index in [-0.39, 0.29) is 110 Å². The zero-order valence-electron chi connectivity index (χ0n) is 57.1. The van der Waals surface area contributed by atoms with Gasteiger partial charge in [-0.15, -0.1) is 20.5 Å². The molecular formula is C65H68N20O16S4. The van der Waals surface area contributed by atoms with E-state index < -0.39 is 76.2 Å². The van der Waals surface area contributed by atoms with Crippen molar-refractivity contribution < 1.29 is 74.3 Å². The summed E-state index contributed by atoms with van der Waals surface area (Å²) in [5.41, 5.74) is -0.856. The minimum atomic E-state index is -4.98. The molecule has 0 spiro atoms. The van der Waals surface area contributed by atoms with Crippen LogP contribution in [-0.2, 0) is 29.7 Å². The molecule has 6 N–H and O–H groups in total. The first kappa shape index (κ1) is 75.1. The van der Waals surface area contributed by atoms with Crippen LogP contribution in [0.3, 0.4) is 0 Å². The Kier molecular flexibility index (Phi) is 23.1. The number of rotatable bonds is 29. The highest BCUT2D eigenvalue weighted by Crippen LogP contribution is 2.46. The normalized spacial score (nSPS) is 15.0. The zero-order chi connectivity index (χ0) is 75.0. The molecule has 548 valence electrons. The number of aliphatic hydroxyl groups is 2. The third-order valence-electron chi connectivity index (χ3n) is 16.9. The number of azo groups is 2. The second-order valence-electron chi connectivity index (χ2n) is 22.8. The molecule has 4 amide bonds. The maximum Gasteiger partial charge on any atom is 0.295 e. The van der Waals surface area contributed by atoms with Crippen molar-refractivity contribution >= 4 is 153 Å². The van der Waals surface area contributed by atoms with E-state index in [0.29, 0.717) is 111 Å². The first-order valence-electron chi connectivity index (χ1n) is 32.5. The van der Waals surface area contributed by atoms with Gasteiger partial charge in [-0.25, -0.2) is 9.80 Å². The maximum atomic E-state index is 13.9. The molecule has 2 saturated heterocycles. The summed E-state index contributed by atoms with van der Waals surface area (Å²) in [5.74, 6) is -3.22. The molecule has 2 fully saturated rings. The molecule has 0 aliphatic carbocycles. The first-order chi connectivity index (χ1) is 50.5. The van der Waals surface area contributed by atoms with Crippen molar-refractivity contribution in [3.8, 4) is 23.6 Å². The Morgan fingerprint density at radius 3 is 1.31 bits per heavy atom. The van der Waals surface area contributed by atoms with Gasteiger partial charge in [-0.1, -0.05) is 34.8 Å². The van der Waals surface area contributed by atoms with E-state index in [1.165, 1.54) is 55.5 Å². The van der Waals surface area contributed by atoms with Crippen molar-refractivity contribution in [2.45, 2.75) is 37.5 Å². The number of benzene rings is 4. The fourth-order valence-electron chi connectivity index (χ4n) is 11.9. The largest absolute Gasteiger partial charge is 0.494 e. The van der Waals surface area contributed by atoms with E-state index in [0.717, 1.165) is 34.8 Å². The number of fused-ring (bicyclic) bond motifs is 2. The van der Waals surface area contributed by atoms with Crippen LogP contribution < -0.4 is 44.6 Å². The van der Waals surface area contributed by atoms with E-state index in [9.17, 15) is 65.9 Å². The summed E-state index contributed by atoms with van der Waals surface area (Å²) in [6.45, 7) is 11.6. The molecule has 36 nitrogen and oxygen atoms in total. The Balaban J connectivity index is 0.995. The molecule has 105 heavy (non-hydrogen) atoms. The number of morpholine rings is 2. The van der Waals surface area contributed by atoms with Gasteiger partial charge >= 0.3 is 0 Å². The molecule has 40 heteroatoms. The van der Waals surface area contributed by atoms with Gasteiger partial charge in [-0.05, 0) is 76.2 Å². The quantitative estimate of drug-likeness (QED) is 0.0112. The number of nitrogens with zero attached hydrogens (tertiary/aromatic N) is 18. The van der Waals surface area contributed by atoms with Gasteiger partial charge in [0.1, 0.15) is 67.8 Å². The Hall–Kier alpha value is -11.1. The van der Waals surface area contributed by atoms with Crippen molar-refractivity contribution in [3.05, 3.63) is 104 Å². The average Bonchev–Trinajstić information content (AvgIpc) is 1.60. The number of amides is 4. The topological polar surface area (TPSA) is 463 Å². The van der Waals surface area contributed by atoms with E-state index in [2.05, 4.69) is 20.9 Å². The molecule has 0 saturated carbocycles. The summed E-state index contributed by atoms with van der Waals surface area (Å²) >= 11 is 1.88. The van der Waals surface area contributed by atoms with E-state index in [4.69, 9.17) is 54.1 Å². The average molecular weight is 1510 g/mol. The lowest BCUT2D eigenvalue weighted by molar-refractivity contribution is 0.0695. The van der Waals surface area contributed by atoms with Gasteiger partial charge in [0.15, 0.2) is 0 Å². The summed E-state index contributed by atoms with van der Waals surface area (Å²) in [5, 5.41) is 67.2. The number of carbonyl (C=O) groups is 4. The SMILES string of the molecule is CCN(CC)c1cc(Nc2nc(Nc3cc(N(CC)CC)c(OC)cc3/N=N/c3nc(N4CCOCC4)c(/C=C(\C#N)N4C(=O)c5cccc(S(=O)(=O)O)c5C4=O)s3)nc(N(CCO)CCO)n2)c(/N=N/c2nc(N3CCOCC3)c(/C=C(\C#N)N3C(=O)c4cccc(S(=O)(=O)O)c4C3=O)s2)cc1OC. The zero-order valence-corrected chi connectivity index (χ0v) is 60.4.